The number of piperazine rings is 1. The number of hydrogen-bond donors (Lipinski definition) is 0. The van der Waals surface area contributed by atoms with Crippen LogP contribution in [-0.4, -0.2) is 68.6 Å². The van der Waals surface area contributed by atoms with E-state index in [4.69, 9.17) is 21.1 Å². The summed E-state index contributed by atoms with van der Waals surface area (Å²) in [6, 6.07) is 19.2. The van der Waals surface area contributed by atoms with E-state index >= 15 is 0 Å². The Balaban J connectivity index is 1.38. The average Bonchev–Trinajstić information content (AvgIpc) is 2.97. The molecule has 0 radical (unpaired) electrons. The lowest BCUT2D eigenvalue weighted by atomic mass is 9.75. The van der Waals surface area contributed by atoms with Gasteiger partial charge in [-0.25, -0.2) is 0 Å². The van der Waals surface area contributed by atoms with E-state index in [1.165, 1.54) is 5.56 Å². The molecule has 6 rings (SSSR count). The lowest BCUT2D eigenvalue weighted by molar-refractivity contribution is -0.135. The average molecular weight is 532 g/mol. The van der Waals surface area contributed by atoms with Gasteiger partial charge in [0.25, 0.3) is 5.91 Å². The van der Waals surface area contributed by atoms with Crippen molar-refractivity contribution in [1.82, 2.24) is 9.80 Å². The van der Waals surface area contributed by atoms with Crippen LogP contribution in [0.15, 0.2) is 60.7 Å². The minimum Gasteiger partial charge on any atom is -0.493 e. The first-order valence-corrected chi connectivity index (χ1v) is 13.3. The second-order valence-corrected chi connectivity index (χ2v) is 10.4. The Hall–Kier alpha value is -3.71. The van der Waals surface area contributed by atoms with Gasteiger partial charge < -0.3 is 24.2 Å². The third kappa shape index (κ3) is 4.06. The Morgan fingerprint density at radius 1 is 0.868 bits per heavy atom. The smallest absolute Gasteiger partial charge is 0.254 e. The minimum atomic E-state index is -0.536. The van der Waals surface area contributed by atoms with Gasteiger partial charge >= 0.3 is 0 Å². The van der Waals surface area contributed by atoms with Crippen LogP contribution >= 0.6 is 11.6 Å². The first kappa shape index (κ1) is 24.6. The Labute approximate surface area is 227 Å². The zero-order chi connectivity index (χ0) is 26.4. The quantitative estimate of drug-likeness (QED) is 0.494. The topological polar surface area (TPSA) is 62.3 Å². The maximum absolute atomic E-state index is 14.4. The van der Waals surface area contributed by atoms with E-state index in [-0.39, 0.29) is 17.9 Å². The maximum Gasteiger partial charge on any atom is 0.254 e. The fourth-order valence-corrected chi connectivity index (χ4v) is 6.28. The predicted octanol–water partition coefficient (Wildman–Crippen LogP) is 4.54. The second kappa shape index (κ2) is 9.87. The SMILES string of the molecule is COc1cc2c(cc1OC)[C@H](C(=O)N1CCN(c3ccc(Cl)cc3)CC1)[C@@H]1c3ccccc3CCN1C2=O. The number of carbonyl (C=O) groups excluding carboxylic acids is 2. The first-order valence-electron chi connectivity index (χ1n) is 12.9. The zero-order valence-electron chi connectivity index (χ0n) is 21.5. The molecule has 1 fully saturated rings. The van der Waals surface area contributed by atoms with Crippen molar-refractivity contribution in [2.75, 3.05) is 51.8 Å². The number of methoxy groups -OCH3 is 2. The molecular weight excluding hydrogens is 502 g/mol. The summed E-state index contributed by atoms with van der Waals surface area (Å²) in [5.74, 6) is 0.428. The van der Waals surface area contributed by atoms with Crippen molar-refractivity contribution >= 4 is 29.1 Å². The summed E-state index contributed by atoms with van der Waals surface area (Å²) in [6.07, 6.45) is 0.766. The number of benzene rings is 3. The van der Waals surface area contributed by atoms with Gasteiger partial charge in [0.2, 0.25) is 5.91 Å². The molecule has 3 aliphatic heterocycles. The monoisotopic (exact) mass is 531 g/mol. The first-order chi connectivity index (χ1) is 18.5. The molecule has 2 atom stereocenters. The van der Waals surface area contributed by atoms with Gasteiger partial charge in [0, 0.05) is 49.0 Å². The van der Waals surface area contributed by atoms with Crippen molar-refractivity contribution in [2.45, 2.75) is 18.4 Å². The summed E-state index contributed by atoms with van der Waals surface area (Å²) in [7, 11) is 3.13. The number of hydrogen-bond acceptors (Lipinski definition) is 5. The molecule has 0 N–H and O–H groups in total. The highest BCUT2D eigenvalue weighted by molar-refractivity contribution is 6.30. The van der Waals surface area contributed by atoms with E-state index in [0.717, 1.165) is 30.8 Å². The fraction of sp³-hybridized carbons (Fsp3) is 0.333. The number of fused-ring (bicyclic) bond motifs is 4. The molecule has 0 saturated carbocycles. The number of rotatable bonds is 4. The van der Waals surface area contributed by atoms with Crippen LogP contribution in [0, 0.1) is 0 Å². The minimum absolute atomic E-state index is 0.0356. The van der Waals surface area contributed by atoms with Crippen LogP contribution in [-0.2, 0) is 11.2 Å². The third-order valence-corrected chi connectivity index (χ3v) is 8.33. The van der Waals surface area contributed by atoms with Crippen molar-refractivity contribution < 1.29 is 19.1 Å². The number of amides is 2. The summed E-state index contributed by atoms with van der Waals surface area (Å²) in [5, 5.41) is 0.706. The van der Waals surface area contributed by atoms with E-state index in [0.29, 0.717) is 47.3 Å². The highest BCUT2D eigenvalue weighted by Crippen LogP contribution is 2.49. The maximum atomic E-state index is 14.4. The molecule has 3 aliphatic rings. The number of carbonyl (C=O) groups is 2. The van der Waals surface area contributed by atoms with Crippen molar-refractivity contribution in [3.63, 3.8) is 0 Å². The van der Waals surface area contributed by atoms with Gasteiger partial charge in [-0.1, -0.05) is 35.9 Å². The zero-order valence-corrected chi connectivity index (χ0v) is 22.3. The van der Waals surface area contributed by atoms with E-state index in [2.05, 4.69) is 17.0 Å². The lowest BCUT2D eigenvalue weighted by Crippen LogP contribution is -2.54. The number of nitrogens with zero attached hydrogens (tertiary/aromatic N) is 3. The van der Waals surface area contributed by atoms with Gasteiger partial charge in [-0.05, 0) is 59.5 Å². The normalized spacial score (nSPS) is 20.4. The van der Waals surface area contributed by atoms with Gasteiger partial charge in [0.05, 0.1) is 26.2 Å². The molecule has 3 aromatic carbocycles. The van der Waals surface area contributed by atoms with Gasteiger partial charge in [-0.2, -0.15) is 0 Å². The molecule has 1 saturated heterocycles. The molecule has 0 unspecified atom stereocenters. The van der Waals surface area contributed by atoms with Crippen LogP contribution in [0.3, 0.4) is 0 Å². The molecule has 38 heavy (non-hydrogen) atoms. The molecule has 0 aliphatic carbocycles. The number of anilines is 1. The summed E-state index contributed by atoms with van der Waals surface area (Å²) in [6.45, 7) is 3.22. The molecule has 3 aromatic rings. The summed E-state index contributed by atoms with van der Waals surface area (Å²) < 4.78 is 11.1. The molecule has 0 spiro atoms. The fourth-order valence-electron chi connectivity index (χ4n) is 6.15. The Morgan fingerprint density at radius 2 is 1.55 bits per heavy atom. The van der Waals surface area contributed by atoms with Crippen LogP contribution in [0.1, 0.15) is 39.0 Å². The Bertz CT molecular complexity index is 1380. The van der Waals surface area contributed by atoms with E-state index < -0.39 is 5.92 Å². The third-order valence-electron chi connectivity index (χ3n) is 8.08. The summed E-state index contributed by atoms with van der Waals surface area (Å²) >= 11 is 6.07. The highest BCUT2D eigenvalue weighted by Gasteiger charge is 2.48. The van der Waals surface area contributed by atoms with Crippen molar-refractivity contribution in [3.05, 3.63) is 87.9 Å². The van der Waals surface area contributed by atoms with E-state index in [9.17, 15) is 9.59 Å². The molecule has 2 amide bonds. The standard InChI is InChI=1S/C30H30ClN3O4/c1-37-25-17-23-24(18-26(25)38-2)29(35)34-12-11-19-5-3-4-6-22(19)28(34)27(23)30(36)33-15-13-32(14-16-33)21-9-7-20(31)8-10-21/h3-10,17-18,27-28H,11-16H2,1-2H3/t27-,28-/m0/s1. The Morgan fingerprint density at radius 3 is 2.26 bits per heavy atom. The predicted molar refractivity (Wildman–Crippen MR) is 146 cm³/mol. The molecule has 0 aromatic heterocycles. The molecular formula is C30H30ClN3O4. The highest BCUT2D eigenvalue weighted by atomic mass is 35.5. The van der Waals surface area contributed by atoms with Crippen LogP contribution in [0.5, 0.6) is 11.5 Å². The number of ether oxygens (including phenoxy) is 2. The number of halogens is 1. The molecule has 8 heteroatoms. The lowest BCUT2D eigenvalue weighted by Gasteiger charge is -2.47. The summed E-state index contributed by atoms with van der Waals surface area (Å²) in [5.41, 5.74) is 4.55. The van der Waals surface area contributed by atoms with Crippen molar-refractivity contribution in [2.24, 2.45) is 0 Å². The molecule has 0 bridgehead atoms. The molecule has 196 valence electrons. The molecule has 7 nitrogen and oxygen atoms in total. The van der Waals surface area contributed by atoms with Gasteiger partial charge in [-0.15, -0.1) is 0 Å². The van der Waals surface area contributed by atoms with Crippen LogP contribution in [0.4, 0.5) is 5.69 Å². The summed E-state index contributed by atoms with van der Waals surface area (Å²) in [4.78, 5) is 34.3. The van der Waals surface area contributed by atoms with Gasteiger partial charge in [-0.3, -0.25) is 9.59 Å². The van der Waals surface area contributed by atoms with Crippen molar-refractivity contribution in [1.29, 1.82) is 0 Å². The second-order valence-electron chi connectivity index (χ2n) is 9.95. The largest absolute Gasteiger partial charge is 0.493 e. The van der Waals surface area contributed by atoms with E-state index in [1.807, 2.05) is 52.3 Å². The van der Waals surface area contributed by atoms with Gasteiger partial charge in [0.15, 0.2) is 11.5 Å². The van der Waals surface area contributed by atoms with E-state index in [1.54, 1.807) is 20.3 Å². The van der Waals surface area contributed by atoms with Crippen LogP contribution in [0.25, 0.3) is 0 Å². The van der Waals surface area contributed by atoms with Crippen LogP contribution in [0.2, 0.25) is 5.02 Å². The van der Waals surface area contributed by atoms with Crippen LogP contribution < -0.4 is 14.4 Å². The Kier molecular flexibility index (Phi) is 6.40. The van der Waals surface area contributed by atoms with Gasteiger partial charge in [0.1, 0.15) is 0 Å². The van der Waals surface area contributed by atoms with Crippen molar-refractivity contribution in [3.8, 4) is 11.5 Å². The molecule has 3 heterocycles.